The summed E-state index contributed by atoms with van der Waals surface area (Å²) >= 11 is 1.56. The van der Waals surface area contributed by atoms with E-state index in [1.54, 1.807) is 34.3 Å². The number of nitrogens with one attached hydrogen (secondary N) is 1. The Hall–Kier alpha value is -1.05. The van der Waals surface area contributed by atoms with Gasteiger partial charge in [-0.15, -0.1) is 11.8 Å². The van der Waals surface area contributed by atoms with Gasteiger partial charge in [-0.25, -0.2) is 8.42 Å². The number of benzene rings is 1. The minimum Gasteiger partial charge on any atom is -0.325 e. The van der Waals surface area contributed by atoms with Crippen LogP contribution in [-0.2, 0) is 14.8 Å². The fourth-order valence-electron chi connectivity index (χ4n) is 2.62. The molecule has 1 saturated heterocycles. The Morgan fingerprint density at radius 3 is 2.44 bits per heavy atom. The molecule has 1 N–H and O–H groups in total. The lowest BCUT2D eigenvalue weighted by molar-refractivity contribution is -0.113. The van der Waals surface area contributed by atoms with E-state index in [0.29, 0.717) is 24.5 Å². The fourth-order valence-corrected chi connectivity index (χ4v) is 4.80. The highest BCUT2D eigenvalue weighted by Crippen LogP contribution is 2.26. The number of hydrogen-bond acceptors (Lipinski definition) is 4. The lowest BCUT2D eigenvalue weighted by Crippen LogP contribution is -2.35. The summed E-state index contributed by atoms with van der Waals surface area (Å²) in [5.74, 6) is 0.224. The van der Waals surface area contributed by atoms with E-state index in [1.807, 2.05) is 6.92 Å². The van der Waals surface area contributed by atoms with Crippen LogP contribution >= 0.6 is 11.8 Å². The van der Waals surface area contributed by atoms with E-state index in [-0.39, 0.29) is 15.5 Å². The Labute approximate surface area is 155 Å². The van der Waals surface area contributed by atoms with E-state index in [4.69, 9.17) is 0 Å². The molecule has 0 saturated carbocycles. The Balaban J connectivity index is 2.15. The Morgan fingerprint density at radius 1 is 1.20 bits per heavy atom. The number of carbonyl (C=O) groups excluding carboxylic acids is 1. The summed E-state index contributed by atoms with van der Waals surface area (Å²) in [5.41, 5.74) is 1.42. The molecule has 1 aromatic carbocycles. The molecular formula is C18H28N2O3S2. The monoisotopic (exact) mass is 384 g/mol. The van der Waals surface area contributed by atoms with Gasteiger partial charge in [0.2, 0.25) is 15.9 Å². The zero-order valence-corrected chi connectivity index (χ0v) is 17.1. The van der Waals surface area contributed by atoms with Crippen LogP contribution in [0.15, 0.2) is 23.1 Å². The van der Waals surface area contributed by atoms with E-state index in [0.717, 1.165) is 24.8 Å². The number of rotatable bonds is 5. The van der Waals surface area contributed by atoms with Gasteiger partial charge < -0.3 is 5.32 Å². The Morgan fingerprint density at radius 2 is 1.84 bits per heavy atom. The third-order valence-electron chi connectivity index (χ3n) is 4.07. The van der Waals surface area contributed by atoms with Crippen molar-refractivity contribution in [2.24, 2.45) is 0 Å². The van der Waals surface area contributed by atoms with Gasteiger partial charge in [-0.05, 0) is 37.5 Å². The molecule has 0 radical (unpaired) electrons. The van der Waals surface area contributed by atoms with Crippen molar-refractivity contribution >= 4 is 33.4 Å². The lowest BCUT2D eigenvalue weighted by Gasteiger charge is -2.26. The first-order chi connectivity index (χ1) is 11.6. The summed E-state index contributed by atoms with van der Waals surface area (Å²) in [6, 6.07) is 4.96. The summed E-state index contributed by atoms with van der Waals surface area (Å²) < 4.78 is 27.2. The third kappa shape index (κ3) is 5.72. The quantitative estimate of drug-likeness (QED) is 0.842. The van der Waals surface area contributed by atoms with Gasteiger partial charge in [-0.3, -0.25) is 4.79 Å². The molecule has 0 aliphatic carbocycles. The molecule has 7 heteroatoms. The van der Waals surface area contributed by atoms with Gasteiger partial charge in [-0.2, -0.15) is 4.31 Å². The molecule has 0 unspecified atom stereocenters. The second-order valence-corrected chi connectivity index (χ2v) is 11.1. The highest BCUT2D eigenvalue weighted by molar-refractivity contribution is 8.01. The van der Waals surface area contributed by atoms with Crippen molar-refractivity contribution in [3.05, 3.63) is 23.8 Å². The second kappa shape index (κ2) is 8.10. The highest BCUT2D eigenvalue weighted by atomic mass is 32.2. The number of anilines is 1. The van der Waals surface area contributed by atoms with Crippen LogP contribution in [0.4, 0.5) is 5.69 Å². The first-order valence-corrected chi connectivity index (χ1v) is 11.1. The maximum Gasteiger partial charge on any atom is 0.243 e. The first kappa shape index (κ1) is 20.3. The largest absolute Gasteiger partial charge is 0.325 e. The molecule has 0 aromatic heterocycles. The zero-order chi connectivity index (χ0) is 18.7. The summed E-state index contributed by atoms with van der Waals surface area (Å²) in [7, 11) is -3.50. The standard InChI is InChI=1S/C18H28N2O3S2/c1-14-8-9-15(25(22,23)20-10-6-5-7-11-20)12-16(14)19-17(21)13-24-18(2,3)4/h8-9,12H,5-7,10-11,13H2,1-4H3,(H,19,21). The molecule has 1 aliphatic rings. The number of amides is 1. The predicted octanol–water partition coefficient (Wildman–Crippen LogP) is 3.64. The summed E-state index contributed by atoms with van der Waals surface area (Å²) in [5, 5.41) is 2.86. The first-order valence-electron chi connectivity index (χ1n) is 8.64. The van der Waals surface area contributed by atoms with E-state index < -0.39 is 10.0 Å². The number of aryl methyl sites for hydroxylation is 1. The van der Waals surface area contributed by atoms with Crippen molar-refractivity contribution in [2.45, 2.75) is 56.6 Å². The number of piperidine rings is 1. The molecule has 140 valence electrons. The topological polar surface area (TPSA) is 66.5 Å². The van der Waals surface area contributed by atoms with Crippen molar-refractivity contribution < 1.29 is 13.2 Å². The van der Waals surface area contributed by atoms with Crippen LogP contribution in [0, 0.1) is 6.92 Å². The van der Waals surface area contributed by atoms with Gasteiger partial charge in [0.15, 0.2) is 0 Å². The molecule has 5 nitrogen and oxygen atoms in total. The van der Waals surface area contributed by atoms with Crippen LogP contribution in [0.3, 0.4) is 0 Å². The number of nitrogens with zero attached hydrogens (tertiary/aromatic N) is 1. The minimum atomic E-state index is -3.50. The second-order valence-electron chi connectivity index (χ2n) is 7.39. The van der Waals surface area contributed by atoms with Crippen molar-refractivity contribution in [1.82, 2.24) is 4.31 Å². The average Bonchev–Trinajstić information content (AvgIpc) is 2.55. The molecule has 1 aromatic rings. The number of hydrogen-bond donors (Lipinski definition) is 1. The highest BCUT2D eigenvalue weighted by Gasteiger charge is 2.26. The fraction of sp³-hybridized carbons (Fsp3) is 0.611. The van der Waals surface area contributed by atoms with Gasteiger partial charge in [0.1, 0.15) is 0 Å². The number of carbonyl (C=O) groups is 1. The number of thioether (sulfide) groups is 1. The van der Waals surface area contributed by atoms with Crippen molar-refractivity contribution in [3.8, 4) is 0 Å². The van der Waals surface area contributed by atoms with E-state index in [1.165, 1.54) is 0 Å². The zero-order valence-electron chi connectivity index (χ0n) is 15.5. The molecule has 1 fully saturated rings. The van der Waals surface area contributed by atoms with E-state index >= 15 is 0 Å². The van der Waals surface area contributed by atoms with Crippen molar-refractivity contribution in [3.63, 3.8) is 0 Å². The van der Waals surface area contributed by atoms with Gasteiger partial charge >= 0.3 is 0 Å². The molecule has 2 rings (SSSR count). The Kier molecular flexibility index (Phi) is 6.56. The molecular weight excluding hydrogens is 356 g/mol. The smallest absolute Gasteiger partial charge is 0.243 e. The molecule has 1 heterocycles. The third-order valence-corrected chi connectivity index (χ3v) is 7.24. The van der Waals surface area contributed by atoms with Crippen molar-refractivity contribution in [2.75, 3.05) is 24.2 Å². The van der Waals surface area contributed by atoms with Crippen LogP contribution in [-0.4, -0.2) is 42.2 Å². The Bertz CT molecular complexity index is 718. The maximum atomic E-state index is 12.8. The predicted molar refractivity (Wildman–Crippen MR) is 105 cm³/mol. The molecule has 0 atom stereocenters. The summed E-state index contributed by atoms with van der Waals surface area (Å²) in [6.45, 7) is 9.18. The molecule has 25 heavy (non-hydrogen) atoms. The number of sulfonamides is 1. The summed E-state index contributed by atoms with van der Waals surface area (Å²) in [6.07, 6.45) is 2.88. The maximum absolute atomic E-state index is 12.8. The van der Waals surface area contributed by atoms with Gasteiger partial charge in [0.25, 0.3) is 0 Å². The van der Waals surface area contributed by atoms with Gasteiger partial charge in [0.05, 0.1) is 10.6 Å². The van der Waals surface area contributed by atoms with E-state index in [2.05, 4.69) is 26.1 Å². The van der Waals surface area contributed by atoms with Crippen LogP contribution in [0.5, 0.6) is 0 Å². The van der Waals surface area contributed by atoms with Crippen LogP contribution in [0.25, 0.3) is 0 Å². The molecule has 0 bridgehead atoms. The molecule has 1 aliphatic heterocycles. The average molecular weight is 385 g/mol. The molecule has 0 spiro atoms. The normalized spacial score (nSPS) is 16.6. The van der Waals surface area contributed by atoms with Crippen LogP contribution < -0.4 is 5.32 Å². The van der Waals surface area contributed by atoms with Crippen molar-refractivity contribution in [1.29, 1.82) is 0 Å². The lowest BCUT2D eigenvalue weighted by atomic mass is 10.2. The van der Waals surface area contributed by atoms with Gasteiger partial charge in [-0.1, -0.05) is 33.3 Å². The minimum absolute atomic E-state index is 0.00579. The van der Waals surface area contributed by atoms with E-state index in [9.17, 15) is 13.2 Å². The van der Waals surface area contributed by atoms with Crippen LogP contribution in [0.2, 0.25) is 0 Å². The molecule has 1 amide bonds. The van der Waals surface area contributed by atoms with Crippen LogP contribution in [0.1, 0.15) is 45.6 Å². The SMILES string of the molecule is Cc1ccc(S(=O)(=O)N2CCCCC2)cc1NC(=O)CSC(C)(C)C. The summed E-state index contributed by atoms with van der Waals surface area (Å²) in [4.78, 5) is 12.4. The van der Waals surface area contributed by atoms with Gasteiger partial charge in [0, 0.05) is 23.5 Å².